The molecule has 1 saturated heterocycles. The number of piperazine rings is 1. The van der Waals surface area contributed by atoms with Gasteiger partial charge >= 0.3 is 5.97 Å². The number of aryl methyl sites for hydroxylation is 2. The maximum absolute atomic E-state index is 12.4. The molecule has 0 atom stereocenters. The lowest BCUT2D eigenvalue weighted by molar-refractivity contribution is -0.136. The summed E-state index contributed by atoms with van der Waals surface area (Å²) in [5.74, 6) is -0.966. The van der Waals surface area contributed by atoms with Crippen LogP contribution in [0.4, 0.5) is 5.69 Å². The number of para-hydroxylation sites is 1. The van der Waals surface area contributed by atoms with Crippen LogP contribution in [-0.2, 0) is 14.3 Å². The zero-order valence-corrected chi connectivity index (χ0v) is 18.4. The average Bonchev–Trinajstić information content (AvgIpc) is 2.75. The Morgan fingerprint density at radius 1 is 0.968 bits per heavy atom. The highest BCUT2D eigenvalue weighted by atomic mass is 35.5. The summed E-state index contributed by atoms with van der Waals surface area (Å²) in [7, 11) is 0. The monoisotopic (exact) mass is 443 g/mol. The number of nitrogens with one attached hydrogen (secondary N) is 1. The van der Waals surface area contributed by atoms with Crippen LogP contribution >= 0.6 is 11.6 Å². The van der Waals surface area contributed by atoms with Crippen molar-refractivity contribution in [3.8, 4) is 0 Å². The molecule has 2 aromatic rings. The number of amides is 2. The van der Waals surface area contributed by atoms with E-state index in [-0.39, 0.29) is 35.6 Å². The summed E-state index contributed by atoms with van der Waals surface area (Å²) >= 11 is 5.97. The molecule has 0 spiro atoms. The number of esters is 1. The molecule has 1 heterocycles. The third-order valence-corrected chi connectivity index (χ3v) is 5.59. The highest BCUT2D eigenvalue weighted by Gasteiger charge is 2.24. The molecule has 3 rings (SSSR count). The zero-order valence-electron chi connectivity index (χ0n) is 17.7. The highest BCUT2D eigenvalue weighted by Crippen LogP contribution is 2.19. The van der Waals surface area contributed by atoms with Gasteiger partial charge in [-0.1, -0.05) is 41.9 Å². The maximum atomic E-state index is 12.4. The van der Waals surface area contributed by atoms with Crippen molar-refractivity contribution < 1.29 is 19.1 Å². The van der Waals surface area contributed by atoms with Crippen LogP contribution in [0, 0.1) is 13.8 Å². The second-order valence-electron chi connectivity index (χ2n) is 7.53. The number of hydrogen-bond donors (Lipinski definition) is 1. The number of ether oxygens (including phenoxy) is 1. The molecule has 0 saturated carbocycles. The molecule has 0 radical (unpaired) electrons. The van der Waals surface area contributed by atoms with E-state index in [1.807, 2.05) is 36.9 Å². The van der Waals surface area contributed by atoms with Gasteiger partial charge in [0.15, 0.2) is 6.61 Å². The predicted molar refractivity (Wildman–Crippen MR) is 119 cm³/mol. The Hall–Kier alpha value is -2.90. The second kappa shape index (κ2) is 10.4. The van der Waals surface area contributed by atoms with E-state index >= 15 is 0 Å². The standard InChI is InChI=1S/C23H26ClN3O4/c1-16-6-5-7-17(2)22(16)25-20(28)14-26-10-12-27(13-11-26)21(29)15-31-23(30)18-8-3-4-9-19(18)24/h3-9H,10-15H2,1-2H3,(H,25,28). The van der Waals surface area contributed by atoms with Crippen LogP contribution in [-0.4, -0.2) is 66.9 Å². The normalized spacial score (nSPS) is 14.2. The molecule has 1 fully saturated rings. The fraction of sp³-hybridized carbons (Fsp3) is 0.348. The lowest BCUT2D eigenvalue weighted by atomic mass is 10.1. The summed E-state index contributed by atoms with van der Waals surface area (Å²) in [6.45, 7) is 5.94. The van der Waals surface area contributed by atoms with E-state index in [2.05, 4.69) is 5.32 Å². The first-order valence-electron chi connectivity index (χ1n) is 10.1. The Labute approximate surface area is 186 Å². The molecule has 0 unspecified atom stereocenters. The summed E-state index contributed by atoms with van der Waals surface area (Å²) in [5.41, 5.74) is 3.13. The topological polar surface area (TPSA) is 79.0 Å². The van der Waals surface area contributed by atoms with E-state index in [1.54, 1.807) is 29.2 Å². The number of carbonyl (C=O) groups excluding carboxylic acids is 3. The van der Waals surface area contributed by atoms with Gasteiger partial charge in [-0.3, -0.25) is 14.5 Å². The maximum Gasteiger partial charge on any atom is 0.340 e. The van der Waals surface area contributed by atoms with Crippen molar-refractivity contribution in [1.82, 2.24) is 9.80 Å². The molecular formula is C23H26ClN3O4. The Kier molecular flexibility index (Phi) is 7.65. The van der Waals surface area contributed by atoms with Gasteiger partial charge in [0.25, 0.3) is 5.91 Å². The van der Waals surface area contributed by atoms with Crippen LogP contribution in [0.25, 0.3) is 0 Å². The van der Waals surface area contributed by atoms with Crippen molar-refractivity contribution in [3.05, 3.63) is 64.2 Å². The lowest BCUT2D eigenvalue weighted by Gasteiger charge is -2.34. The second-order valence-corrected chi connectivity index (χ2v) is 7.94. The fourth-order valence-corrected chi connectivity index (χ4v) is 3.69. The van der Waals surface area contributed by atoms with Gasteiger partial charge in [0.05, 0.1) is 17.1 Å². The Morgan fingerprint density at radius 2 is 1.61 bits per heavy atom. The summed E-state index contributed by atoms with van der Waals surface area (Å²) < 4.78 is 5.11. The summed E-state index contributed by atoms with van der Waals surface area (Å²) in [6, 6.07) is 12.4. The largest absolute Gasteiger partial charge is 0.452 e. The summed E-state index contributed by atoms with van der Waals surface area (Å²) in [5, 5.41) is 3.27. The van der Waals surface area contributed by atoms with Crippen molar-refractivity contribution in [2.24, 2.45) is 0 Å². The van der Waals surface area contributed by atoms with E-state index in [0.717, 1.165) is 16.8 Å². The molecule has 8 heteroatoms. The van der Waals surface area contributed by atoms with E-state index in [1.165, 1.54) is 0 Å². The minimum absolute atomic E-state index is 0.0779. The molecule has 31 heavy (non-hydrogen) atoms. The van der Waals surface area contributed by atoms with Crippen molar-refractivity contribution in [3.63, 3.8) is 0 Å². The van der Waals surface area contributed by atoms with Crippen molar-refractivity contribution in [1.29, 1.82) is 0 Å². The molecule has 2 amide bonds. The number of rotatable bonds is 6. The lowest BCUT2D eigenvalue weighted by Crippen LogP contribution is -2.51. The molecule has 1 aliphatic heterocycles. The van der Waals surface area contributed by atoms with Crippen molar-refractivity contribution in [2.75, 3.05) is 44.6 Å². The Bertz CT molecular complexity index is 951. The smallest absolute Gasteiger partial charge is 0.340 e. The first-order chi connectivity index (χ1) is 14.8. The Morgan fingerprint density at radius 3 is 2.26 bits per heavy atom. The van der Waals surface area contributed by atoms with Gasteiger partial charge in [0.1, 0.15) is 0 Å². The molecule has 0 aliphatic carbocycles. The SMILES string of the molecule is Cc1cccc(C)c1NC(=O)CN1CCN(C(=O)COC(=O)c2ccccc2Cl)CC1. The van der Waals surface area contributed by atoms with Gasteiger partial charge in [-0.15, -0.1) is 0 Å². The first kappa shape index (κ1) is 22.8. The van der Waals surface area contributed by atoms with E-state index in [4.69, 9.17) is 16.3 Å². The van der Waals surface area contributed by atoms with Crippen LogP contribution in [0.5, 0.6) is 0 Å². The van der Waals surface area contributed by atoms with Crippen molar-refractivity contribution in [2.45, 2.75) is 13.8 Å². The molecule has 7 nitrogen and oxygen atoms in total. The first-order valence-corrected chi connectivity index (χ1v) is 10.5. The number of carbonyl (C=O) groups is 3. The third kappa shape index (κ3) is 6.06. The molecule has 2 aromatic carbocycles. The van der Waals surface area contributed by atoms with Crippen LogP contribution in [0.1, 0.15) is 21.5 Å². The molecule has 0 bridgehead atoms. The number of benzene rings is 2. The molecule has 164 valence electrons. The van der Waals surface area contributed by atoms with Crippen LogP contribution in [0.3, 0.4) is 0 Å². The Balaban J connectivity index is 1.43. The molecule has 1 N–H and O–H groups in total. The van der Waals surface area contributed by atoms with Gasteiger partial charge in [-0.05, 0) is 37.1 Å². The number of halogens is 1. The summed E-state index contributed by atoms with van der Waals surface area (Å²) in [4.78, 5) is 40.6. The van der Waals surface area contributed by atoms with E-state index in [9.17, 15) is 14.4 Å². The average molecular weight is 444 g/mol. The van der Waals surface area contributed by atoms with E-state index in [0.29, 0.717) is 26.2 Å². The van der Waals surface area contributed by atoms with Gasteiger partial charge in [0, 0.05) is 31.9 Å². The minimum atomic E-state index is -0.624. The molecule has 0 aromatic heterocycles. The van der Waals surface area contributed by atoms with Crippen LogP contribution in [0.15, 0.2) is 42.5 Å². The molecule has 1 aliphatic rings. The number of anilines is 1. The number of hydrogen-bond acceptors (Lipinski definition) is 5. The van der Waals surface area contributed by atoms with Gasteiger partial charge in [-0.25, -0.2) is 4.79 Å². The van der Waals surface area contributed by atoms with E-state index < -0.39 is 5.97 Å². The quantitative estimate of drug-likeness (QED) is 0.694. The van der Waals surface area contributed by atoms with Gasteiger partial charge in [0.2, 0.25) is 5.91 Å². The molecular weight excluding hydrogens is 418 g/mol. The minimum Gasteiger partial charge on any atom is -0.452 e. The predicted octanol–water partition coefficient (Wildman–Crippen LogP) is 2.90. The van der Waals surface area contributed by atoms with Gasteiger partial charge in [-0.2, -0.15) is 0 Å². The third-order valence-electron chi connectivity index (χ3n) is 5.26. The van der Waals surface area contributed by atoms with Crippen LogP contribution < -0.4 is 5.32 Å². The summed E-state index contributed by atoms with van der Waals surface area (Å²) in [6.07, 6.45) is 0. The highest BCUT2D eigenvalue weighted by molar-refractivity contribution is 6.33. The van der Waals surface area contributed by atoms with Gasteiger partial charge < -0.3 is 15.0 Å². The van der Waals surface area contributed by atoms with Crippen LogP contribution in [0.2, 0.25) is 5.02 Å². The van der Waals surface area contributed by atoms with Crippen molar-refractivity contribution >= 4 is 35.1 Å². The zero-order chi connectivity index (χ0) is 22.4. The number of nitrogens with zero attached hydrogens (tertiary/aromatic N) is 2. The fourth-order valence-electron chi connectivity index (χ4n) is 3.47.